The van der Waals surface area contributed by atoms with Gasteiger partial charge in [0.2, 0.25) is 0 Å². The van der Waals surface area contributed by atoms with E-state index in [1.807, 2.05) is 0 Å². The zero-order valence-electron chi connectivity index (χ0n) is 13.3. The maximum atomic E-state index is 9.11. The fourth-order valence-electron chi connectivity index (χ4n) is 2.09. The molecule has 0 aromatic carbocycles. The molecule has 0 rings (SSSR count). The summed E-state index contributed by atoms with van der Waals surface area (Å²) in [5.41, 5.74) is 0. The topological polar surface area (TPSA) is 57.5 Å². The molecule has 118 valence electrons. The molecule has 20 heavy (non-hydrogen) atoms. The maximum absolute atomic E-state index is 9.11. The zero-order chi connectivity index (χ0) is 15.7. The van der Waals surface area contributed by atoms with Crippen LogP contribution in [0.4, 0.5) is 0 Å². The van der Waals surface area contributed by atoms with E-state index < -0.39 is 9.05 Å². The molecule has 2 N–H and O–H groups in total. The van der Waals surface area contributed by atoms with Crippen LogP contribution in [-0.4, -0.2) is 41.2 Å². The molecule has 0 aliphatic heterocycles. The van der Waals surface area contributed by atoms with Crippen LogP contribution in [0.1, 0.15) is 84.0 Å². The zero-order valence-corrected chi connectivity index (χ0v) is 16.9. The minimum absolute atomic E-state index is 1.38. The first-order chi connectivity index (χ1) is 9.41. The predicted octanol–water partition coefficient (Wildman–Crippen LogP) is 4.95. The number of hydrogen-bond acceptors (Lipinski definition) is 2. The van der Waals surface area contributed by atoms with Crippen molar-refractivity contribution >= 4 is 48.2 Å². The monoisotopic (exact) mass is 334 g/mol. The van der Waals surface area contributed by atoms with E-state index in [9.17, 15) is 0 Å². The molecule has 3 nitrogen and oxygen atoms in total. The molecular formula is C14H31NaO3S2. The van der Waals surface area contributed by atoms with Crippen LogP contribution in [0.15, 0.2) is 0 Å². The van der Waals surface area contributed by atoms with Crippen LogP contribution in [0.2, 0.25) is 3.67 Å². The predicted molar refractivity (Wildman–Crippen MR) is 92.4 cm³/mol. The molecule has 0 atom stereocenters. The molecule has 0 unspecified atom stereocenters. The summed E-state index contributed by atoms with van der Waals surface area (Å²) in [7, 11) is -3.83. The minimum Gasteiger partial charge on any atom is -0.285 e. The van der Waals surface area contributed by atoms with Crippen molar-refractivity contribution in [1.82, 2.24) is 0 Å². The van der Waals surface area contributed by atoms with E-state index in [2.05, 4.69) is 18.1 Å². The van der Waals surface area contributed by atoms with Crippen LogP contribution in [-0.2, 0) is 20.2 Å². The Bertz CT molecular complexity index is 250. The van der Waals surface area contributed by atoms with Crippen molar-refractivity contribution in [3.05, 3.63) is 0 Å². The summed E-state index contributed by atoms with van der Waals surface area (Å²) >= 11 is 4.88. The summed E-state index contributed by atoms with van der Waals surface area (Å²) in [6.07, 6.45) is 17.7. The maximum Gasteiger partial charge on any atom is 0.263 e. The largest absolute Gasteiger partial charge is 0.285 e. The average molecular weight is 335 g/mol. The first kappa shape index (κ1) is 23.6. The molecule has 0 amide bonds. The Labute approximate surface area is 148 Å². The number of rotatable bonds is 12. The SMILES string of the molecule is CCCCCCCCCCCCC[CH2][Na].O=S(O)(O)=S. The smallest absolute Gasteiger partial charge is 0.263 e. The first-order valence-corrected chi connectivity index (χ1v) is 11.9. The van der Waals surface area contributed by atoms with Crippen molar-refractivity contribution in [2.45, 2.75) is 87.6 Å². The van der Waals surface area contributed by atoms with E-state index >= 15 is 0 Å². The molecule has 0 aromatic heterocycles. The number of unbranched alkanes of at least 4 members (excludes halogenated alkanes) is 11. The number of hydrogen-bond donors (Lipinski definition) is 2. The normalized spacial score (nSPS) is 11.1. The van der Waals surface area contributed by atoms with E-state index in [4.69, 9.17) is 13.3 Å². The van der Waals surface area contributed by atoms with Crippen LogP contribution in [0, 0.1) is 0 Å². The third-order valence-electron chi connectivity index (χ3n) is 3.21. The van der Waals surface area contributed by atoms with Gasteiger partial charge in [0.15, 0.2) is 0 Å². The van der Waals surface area contributed by atoms with Gasteiger partial charge in [0.1, 0.15) is 0 Å². The second kappa shape index (κ2) is 18.3. The molecular weight excluding hydrogens is 303 g/mol. The van der Waals surface area contributed by atoms with Crippen molar-refractivity contribution in [1.29, 1.82) is 0 Å². The van der Waals surface area contributed by atoms with Gasteiger partial charge in [0.25, 0.3) is 9.05 Å². The summed E-state index contributed by atoms with van der Waals surface area (Å²) in [5.74, 6) is 0. The Balaban J connectivity index is 0. The van der Waals surface area contributed by atoms with Gasteiger partial charge in [-0.1, -0.05) is 13.3 Å². The van der Waals surface area contributed by atoms with Gasteiger partial charge in [-0.3, -0.25) is 9.11 Å². The Kier molecular flexibility index (Phi) is 21.6. The van der Waals surface area contributed by atoms with E-state index in [1.54, 1.807) is 0 Å². The third-order valence-corrected chi connectivity index (χ3v) is 3.91. The van der Waals surface area contributed by atoms with Gasteiger partial charge in [-0.2, -0.15) is 4.21 Å². The van der Waals surface area contributed by atoms with Crippen LogP contribution in [0.25, 0.3) is 0 Å². The average Bonchev–Trinajstić information content (AvgIpc) is 2.34. The molecule has 0 bridgehead atoms. The Morgan fingerprint density at radius 1 is 0.800 bits per heavy atom. The Morgan fingerprint density at radius 2 is 1.05 bits per heavy atom. The molecule has 0 saturated carbocycles. The van der Waals surface area contributed by atoms with E-state index in [0.29, 0.717) is 0 Å². The van der Waals surface area contributed by atoms with Crippen molar-refractivity contribution in [3.63, 3.8) is 0 Å². The van der Waals surface area contributed by atoms with E-state index in [-0.39, 0.29) is 0 Å². The summed E-state index contributed by atoms with van der Waals surface area (Å²) in [5, 5.41) is 0. The Morgan fingerprint density at radius 3 is 1.30 bits per heavy atom. The second-order valence-corrected chi connectivity index (χ2v) is 8.54. The van der Waals surface area contributed by atoms with E-state index in [0.717, 1.165) is 0 Å². The first-order valence-electron chi connectivity index (χ1n) is 8.11. The summed E-state index contributed by atoms with van der Waals surface area (Å²) in [4.78, 5) is 0. The molecule has 0 aliphatic carbocycles. The molecule has 0 heterocycles. The standard InChI is InChI=1S/C14H29.Na.H2O3S2/c1-3-5-7-9-11-13-14-12-10-8-6-4-2;;1-5(2,3)4/h1,3-14H2,2H3;;(H2,1,2,3,4). The van der Waals surface area contributed by atoms with Gasteiger partial charge < -0.3 is 0 Å². The van der Waals surface area contributed by atoms with Crippen LogP contribution < -0.4 is 0 Å². The van der Waals surface area contributed by atoms with Gasteiger partial charge in [0, 0.05) is 11.2 Å². The van der Waals surface area contributed by atoms with Crippen molar-refractivity contribution in [2.24, 2.45) is 0 Å². The quantitative estimate of drug-likeness (QED) is 0.391. The summed E-state index contributed by atoms with van der Waals surface area (Å²) in [6, 6.07) is 0. The van der Waals surface area contributed by atoms with Crippen LogP contribution >= 0.6 is 0 Å². The van der Waals surface area contributed by atoms with Crippen LogP contribution in [0.5, 0.6) is 0 Å². The molecule has 0 radical (unpaired) electrons. The molecule has 0 aliphatic rings. The van der Waals surface area contributed by atoms with Crippen molar-refractivity contribution < 1.29 is 13.3 Å². The fourth-order valence-corrected chi connectivity index (χ4v) is 2.59. The van der Waals surface area contributed by atoms with Gasteiger partial charge >= 0.3 is 102 Å². The summed E-state index contributed by atoms with van der Waals surface area (Å²) in [6.45, 7) is 2.29. The van der Waals surface area contributed by atoms with Gasteiger partial charge in [-0.05, 0) is 0 Å². The van der Waals surface area contributed by atoms with E-state index in [1.165, 1.54) is 109 Å². The van der Waals surface area contributed by atoms with Crippen LogP contribution in [0.3, 0.4) is 0 Å². The molecule has 6 heteroatoms. The Hall–Kier alpha value is 1.29. The molecule has 0 saturated heterocycles. The van der Waals surface area contributed by atoms with Crippen molar-refractivity contribution in [2.75, 3.05) is 0 Å². The second-order valence-electron chi connectivity index (χ2n) is 5.34. The molecule has 0 aromatic rings. The minimum atomic E-state index is -3.83. The molecule has 0 fully saturated rings. The summed E-state index contributed by atoms with van der Waals surface area (Å²) < 4.78 is 25.5. The van der Waals surface area contributed by atoms with Gasteiger partial charge in [-0.25, -0.2) is 0 Å². The van der Waals surface area contributed by atoms with Gasteiger partial charge in [-0.15, -0.1) is 0 Å². The van der Waals surface area contributed by atoms with Crippen molar-refractivity contribution in [3.8, 4) is 0 Å². The van der Waals surface area contributed by atoms with Gasteiger partial charge in [0.05, 0.1) is 0 Å². The fraction of sp³-hybridized carbons (Fsp3) is 1.00. The third kappa shape index (κ3) is 36.5. The molecule has 0 spiro atoms.